The molecule has 1 aliphatic rings. The molecule has 1 nitrogen and oxygen atoms in total. The van der Waals surface area contributed by atoms with Gasteiger partial charge in [-0.15, -0.1) is 0 Å². The predicted octanol–water partition coefficient (Wildman–Crippen LogP) is 5.45. The lowest BCUT2D eigenvalue weighted by molar-refractivity contribution is 0.144. The summed E-state index contributed by atoms with van der Waals surface area (Å²) in [4.78, 5) is 0. The third kappa shape index (κ3) is 3.66. The molecule has 0 radical (unpaired) electrons. The maximum Gasteiger partial charge on any atom is 0.123 e. The standard InChI is InChI=1S/C19H30FN/c1-5-11-21-18(19(4)9-7-6-8-10-19)17-14(2)12-16(20)13-15(17)3/h12-13,18,21H,5-11H2,1-4H3. The first-order valence-corrected chi connectivity index (χ1v) is 8.48. The summed E-state index contributed by atoms with van der Waals surface area (Å²) in [7, 11) is 0. The summed E-state index contributed by atoms with van der Waals surface area (Å²) in [5.41, 5.74) is 3.80. The Bertz CT molecular complexity index is 451. The Kier molecular flexibility index (Phi) is 5.43. The van der Waals surface area contributed by atoms with Gasteiger partial charge in [0.15, 0.2) is 0 Å². The molecule has 0 aliphatic heterocycles. The summed E-state index contributed by atoms with van der Waals surface area (Å²) in [6, 6.07) is 3.72. The maximum atomic E-state index is 13.6. The highest BCUT2D eigenvalue weighted by atomic mass is 19.1. The van der Waals surface area contributed by atoms with E-state index in [0.717, 1.165) is 24.1 Å². The molecule has 1 saturated carbocycles. The average molecular weight is 291 g/mol. The Labute approximate surface area is 129 Å². The lowest BCUT2D eigenvalue weighted by Gasteiger charge is -2.43. The Balaban J connectivity index is 2.40. The smallest absolute Gasteiger partial charge is 0.123 e. The molecule has 0 amide bonds. The number of benzene rings is 1. The van der Waals surface area contributed by atoms with Crippen molar-refractivity contribution in [2.75, 3.05) is 6.54 Å². The van der Waals surface area contributed by atoms with E-state index < -0.39 is 0 Å². The van der Waals surface area contributed by atoms with Crippen LogP contribution in [0.1, 0.15) is 75.1 Å². The molecule has 0 heterocycles. The van der Waals surface area contributed by atoms with Gasteiger partial charge in [-0.25, -0.2) is 4.39 Å². The van der Waals surface area contributed by atoms with Gasteiger partial charge in [0.05, 0.1) is 0 Å². The van der Waals surface area contributed by atoms with Gasteiger partial charge < -0.3 is 5.32 Å². The lowest BCUT2D eigenvalue weighted by atomic mass is 9.67. The van der Waals surface area contributed by atoms with Gasteiger partial charge in [0.25, 0.3) is 0 Å². The average Bonchev–Trinajstić information content (AvgIpc) is 2.42. The zero-order valence-electron chi connectivity index (χ0n) is 14.1. The van der Waals surface area contributed by atoms with E-state index in [1.807, 2.05) is 0 Å². The zero-order chi connectivity index (χ0) is 15.5. The molecule has 21 heavy (non-hydrogen) atoms. The summed E-state index contributed by atoms with van der Waals surface area (Å²) in [6.07, 6.45) is 7.67. The second-order valence-electron chi connectivity index (χ2n) is 7.06. The van der Waals surface area contributed by atoms with Crippen LogP contribution in [0.3, 0.4) is 0 Å². The highest BCUT2D eigenvalue weighted by molar-refractivity contribution is 5.38. The lowest BCUT2D eigenvalue weighted by Crippen LogP contribution is -2.39. The van der Waals surface area contributed by atoms with Crippen molar-refractivity contribution < 1.29 is 4.39 Å². The van der Waals surface area contributed by atoms with E-state index in [2.05, 4.69) is 33.0 Å². The molecule has 1 aliphatic carbocycles. The summed E-state index contributed by atoms with van der Waals surface area (Å²) < 4.78 is 13.6. The number of halogens is 1. The number of hydrogen-bond acceptors (Lipinski definition) is 1. The van der Waals surface area contributed by atoms with E-state index in [1.165, 1.54) is 37.7 Å². The van der Waals surface area contributed by atoms with E-state index >= 15 is 0 Å². The van der Waals surface area contributed by atoms with Crippen LogP contribution in [0.2, 0.25) is 0 Å². The zero-order valence-corrected chi connectivity index (χ0v) is 14.1. The molecular weight excluding hydrogens is 261 g/mol. The van der Waals surface area contributed by atoms with Gasteiger partial charge in [0, 0.05) is 6.04 Å². The normalized spacial score (nSPS) is 19.5. The maximum absolute atomic E-state index is 13.6. The fraction of sp³-hybridized carbons (Fsp3) is 0.684. The molecular formula is C19H30FN. The highest BCUT2D eigenvalue weighted by Crippen LogP contribution is 2.47. The van der Waals surface area contributed by atoms with Gasteiger partial charge in [-0.2, -0.15) is 0 Å². The van der Waals surface area contributed by atoms with Gasteiger partial charge in [-0.05, 0) is 73.9 Å². The van der Waals surface area contributed by atoms with Gasteiger partial charge in [-0.3, -0.25) is 0 Å². The van der Waals surface area contributed by atoms with Crippen LogP contribution >= 0.6 is 0 Å². The largest absolute Gasteiger partial charge is 0.309 e. The molecule has 1 fully saturated rings. The molecule has 0 spiro atoms. The third-order valence-corrected chi connectivity index (χ3v) is 5.14. The van der Waals surface area contributed by atoms with E-state index in [0.29, 0.717) is 11.5 Å². The Morgan fingerprint density at radius 1 is 1.14 bits per heavy atom. The molecule has 0 saturated heterocycles. The predicted molar refractivity (Wildman–Crippen MR) is 88.1 cm³/mol. The molecule has 1 N–H and O–H groups in total. The van der Waals surface area contributed by atoms with Crippen molar-refractivity contribution in [3.8, 4) is 0 Å². The van der Waals surface area contributed by atoms with Crippen LogP contribution in [-0.2, 0) is 0 Å². The second-order valence-corrected chi connectivity index (χ2v) is 7.06. The van der Waals surface area contributed by atoms with Crippen LogP contribution in [0.25, 0.3) is 0 Å². The van der Waals surface area contributed by atoms with Gasteiger partial charge >= 0.3 is 0 Å². The Morgan fingerprint density at radius 3 is 2.24 bits per heavy atom. The first kappa shape index (κ1) is 16.5. The number of hydrogen-bond donors (Lipinski definition) is 1. The Hall–Kier alpha value is -0.890. The van der Waals surface area contributed by atoms with Crippen molar-refractivity contribution >= 4 is 0 Å². The van der Waals surface area contributed by atoms with Crippen molar-refractivity contribution in [2.45, 2.75) is 72.3 Å². The van der Waals surface area contributed by atoms with Crippen LogP contribution in [-0.4, -0.2) is 6.54 Å². The number of rotatable bonds is 5. The first-order valence-electron chi connectivity index (χ1n) is 8.48. The summed E-state index contributed by atoms with van der Waals surface area (Å²) in [5.74, 6) is -0.114. The molecule has 2 heteroatoms. The van der Waals surface area contributed by atoms with Crippen LogP contribution in [0.4, 0.5) is 4.39 Å². The first-order chi connectivity index (χ1) is 9.98. The number of nitrogens with one attached hydrogen (secondary N) is 1. The minimum atomic E-state index is -0.114. The van der Waals surface area contributed by atoms with Crippen LogP contribution in [0.5, 0.6) is 0 Å². The minimum Gasteiger partial charge on any atom is -0.309 e. The van der Waals surface area contributed by atoms with Crippen LogP contribution in [0, 0.1) is 25.1 Å². The van der Waals surface area contributed by atoms with E-state index in [1.54, 1.807) is 12.1 Å². The fourth-order valence-corrected chi connectivity index (χ4v) is 4.01. The van der Waals surface area contributed by atoms with E-state index in [9.17, 15) is 4.39 Å². The molecule has 0 aromatic heterocycles. The molecule has 2 rings (SSSR count). The van der Waals surface area contributed by atoms with Crippen molar-refractivity contribution in [3.05, 3.63) is 34.6 Å². The molecule has 1 unspecified atom stereocenters. The summed E-state index contributed by atoms with van der Waals surface area (Å²) >= 11 is 0. The molecule has 118 valence electrons. The summed E-state index contributed by atoms with van der Waals surface area (Å²) in [5, 5.41) is 3.77. The van der Waals surface area contributed by atoms with Gasteiger partial charge in [0.2, 0.25) is 0 Å². The molecule has 1 aromatic carbocycles. The summed E-state index contributed by atoms with van der Waals surface area (Å²) in [6.45, 7) is 9.76. The third-order valence-electron chi connectivity index (χ3n) is 5.14. The number of aryl methyl sites for hydroxylation is 2. The van der Waals surface area contributed by atoms with Gasteiger partial charge in [-0.1, -0.05) is 33.1 Å². The highest BCUT2D eigenvalue weighted by Gasteiger charge is 2.37. The molecule has 1 aromatic rings. The molecule has 0 bridgehead atoms. The fourth-order valence-electron chi connectivity index (χ4n) is 4.01. The van der Waals surface area contributed by atoms with Crippen LogP contribution < -0.4 is 5.32 Å². The monoisotopic (exact) mass is 291 g/mol. The topological polar surface area (TPSA) is 12.0 Å². The van der Waals surface area contributed by atoms with Crippen molar-refractivity contribution in [2.24, 2.45) is 5.41 Å². The SMILES string of the molecule is CCCNC(c1c(C)cc(F)cc1C)C1(C)CCCCC1. The van der Waals surface area contributed by atoms with E-state index in [4.69, 9.17) is 0 Å². The van der Waals surface area contributed by atoms with Crippen molar-refractivity contribution in [3.63, 3.8) is 0 Å². The van der Waals surface area contributed by atoms with Crippen molar-refractivity contribution in [1.82, 2.24) is 5.32 Å². The minimum absolute atomic E-state index is 0.114. The molecule has 1 atom stereocenters. The quantitative estimate of drug-likeness (QED) is 0.760. The van der Waals surface area contributed by atoms with Crippen LogP contribution in [0.15, 0.2) is 12.1 Å². The Morgan fingerprint density at radius 2 is 1.71 bits per heavy atom. The van der Waals surface area contributed by atoms with Crippen molar-refractivity contribution in [1.29, 1.82) is 0 Å². The van der Waals surface area contributed by atoms with E-state index in [-0.39, 0.29) is 5.82 Å². The second kappa shape index (κ2) is 6.91. The van der Waals surface area contributed by atoms with Gasteiger partial charge in [0.1, 0.15) is 5.82 Å².